The fraction of sp³-hybridized carbons (Fsp3) is 0.333. The molecule has 1 atom stereocenters. The van der Waals surface area contributed by atoms with Gasteiger partial charge in [-0.1, -0.05) is 36.9 Å². The van der Waals surface area contributed by atoms with Gasteiger partial charge in [-0.2, -0.15) is 4.40 Å². The summed E-state index contributed by atoms with van der Waals surface area (Å²) >= 11 is 1.47. The molecule has 0 saturated carbocycles. The van der Waals surface area contributed by atoms with Crippen molar-refractivity contribution in [2.24, 2.45) is 4.40 Å². The van der Waals surface area contributed by atoms with E-state index in [1.54, 1.807) is 12.3 Å². The Morgan fingerprint density at radius 1 is 1.19 bits per heavy atom. The van der Waals surface area contributed by atoms with Crippen molar-refractivity contribution in [3.8, 4) is 0 Å². The first-order chi connectivity index (χ1) is 12.8. The lowest BCUT2D eigenvalue weighted by atomic mass is 10.1. The molecule has 0 amide bonds. The fourth-order valence-electron chi connectivity index (χ4n) is 2.23. The molecule has 0 aliphatic rings. The standard InChI is InChI=1S/C21H25NO3S2/c1-6-15-11-12-18(16(13-15)14-22-27(24)21(2,3)4)26-19-10-8-7-9-17(19)20(23)25-5/h7-14H,6H2,1-5H3/b22-14-. The Hall–Kier alpha value is -1.92. The third kappa shape index (κ3) is 5.78. The van der Waals surface area contributed by atoms with E-state index < -0.39 is 15.7 Å². The number of esters is 1. The summed E-state index contributed by atoms with van der Waals surface area (Å²) in [6.07, 6.45) is 2.57. The molecule has 144 valence electrons. The average Bonchev–Trinajstić information content (AvgIpc) is 2.65. The molecule has 2 aromatic carbocycles. The van der Waals surface area contributed by atoms with Gasteiger partial charge in [-0.3, -0.25) is 0 Å². The lowest BCUT2D eigenvalue weighted by Gasteiger charge is -2.14. The van der Waals surface area contributed by atoms with Crippen LogP contribution in [-0.4, -0.2) is 28.2 Å². The second-order valence-electron chi connectivity index (χ2n) is 6.91. The summed E-state index contributed by atoms with van der Waals surface area (Å²) in [4.78, 5) is 13.8. The van der Waals surface area contributed by atoms with Crippen molar-refractivity contribution >= 4 is 34.9 Å². The van der Waals surface area contributed by atoms with Crippen LogP contribution < -0.4 is 0 Å². The van der Waals surface area contributed by atoms with E-state index in [9.17, 15) is 9.00 Å². The van der Waals surface area contributed by atoms with Gasteiger partial charge in [0.05, 0.1) is 17.4 Å². The Bertz CT molecular complexity index is 870. The van der Waals surface area contributed by atoms with Crippen LogP contribution in [0.2, 0.25) is 0 Å². The molecule has 0 aromatic heterocycles. The maximum atomic E-state index is 12.3. The highest BCUT2D eigenvalue weighted by atomic mass is 32.2. The number of hydrogen-bond acceptors (Lipinski definition) is 4. The second-order valence-corrected chi connectivity index (χ2v) is 9.93. The molecule has 4 nitrogen and oxygen atoms in total. The lowest BCUT2D eigenvalue weighted by molar-refractivity contribution is 0.0597. The Morgan fingerprint density at radius 2 is 1.89 bits per heavy atom. The Labute approximate surface area is 168 Å². The van der Waals surface area contributed by atoms with E-state index >= 15 is 0 Å². The van der Waals surface area contributed by atoms with Crippen molar-refractivity contribution in [3.63, 3.8) is 0 Å². The molecule has 2 rings (SSSR count). The largest absolute Gasteiger partial charge is 0.465 e. The number of ether oxygens (including phenoxy) is 1. The Kier molecular flexibility index (Phi) is 7.39. The molecule has 2 aromatic rings. The van der Waals surface area contributed by atoms with Crippen LogP contribution in [0.3, 0.4) is 0 Å². The van der Waals surface area contributed by atoms with Gasteiger partial charge in [0, 0.05) is 21.6 Å². The van der Waals surface area contributed by atoms with Gasteiger partial charge in [-0.25, -0.2) is 9.00 Å². The van der Waals surface area contributed by atoms with Crippen LogP contribution in [0.15, 0.2) is 56.7 Å². The maximum Gasteiger partial charge on any atom is 0.339 e. The van der Waals surface area contributed by atoms with Gasteiger partial charge in [-0.05, 0) is 57.0 Å². The van der Waals surface area contributed by atoms with Crippen LogP contribution in [0, 0.1) is 0 Å². The van der Waals surface area contributed by atoms with E-state index in [0.29, 0.717) is 5.56 Å². The summed E-state index contributed by atoms with van der Waals surface area (Å²) in [5.41, 5.74) is 2.57. The first-order valence-corrected chi connectivity index (χ1v) is 10.6. The molecule has 0 N–H and O–H groups in total. The fourth-order valence-corrected chi connectivity index (χ4v) is 3.76. The highest BCUT2D eigenvalue weighted by Gasteiger charge is 2.19. The molecule has 0 spiro atoms. The third-order valence-electron chi connectivity index (χ3n) is 3.81. The van der Waals surface area contributed by atoms with E-state index in [0.717, 1.165) is 21.8 Å². The van der Waals surface area contributed by atoms with Crippen LogP contribution in [-0.2, 0) is 22.1 Å². The summed E-state index contributed by atoms with van der Waals surface area (Å²) in [5.74, 6) is -0.368. The number of benzene rings is 2. The zero-order valence-corrected chi connectivity index (χ0v) is 17.9. The summed E-state index contributed by atoms with van der Waals surface area (Å²) in [7, 11) is 0.0465. The molecule has 0 saturated heterocycles. The number of carbonyl (C=O) groups is 1. The predicted octanol–water partition coefficient (Wildman–Crippen LogP) is 5.07. The van der Waals surface area contributed by atoms with Crippen molar-refractivity contribution in [3.05, 3.63) is 59.2 Å². The van der Waals surface area contributed by atoms with Gasteiger partial charge in [-0.15, -0.1) is 0 Å². The number of methoxy groups -OCH3 is 1. The lowest BCUT2D eigenvalue weighted by Crippen LogP contribution is -2.19. The van der Waals surface area contributed by atoms with Gasteiger partial charge in [0.25, 0.3) is 0 Å². The number of rotatable bonds is 6. The monoisotopic (exact) mass is 403 g/mol. The van der Waals surface area contributed by atoms with Gasteiger partial charge < -0.3 is 4.74 Å². The first-order valence-electron chi connectivity index (χ1n) is 8.70. The zero-order valence-electron chi connectivity index (χ0n) is 16.3. The molecule has 27 heavy (non-hydrogen) atoms. The highest BCUT2D eigenvalue weighted by molar-refractivity contribution is 7.99. The molecule has 0 aliphatic carbocycles. The predicted molar refractivity (Wildman–Crippen MR) is 113 cm³/mol. The first kappa shape index (κ1) is 21.4. The molecule has 0 bridgehead atoms. The second kappa shape index (κ2) is 9.33. The van der Waals surface area contributed by atoms with Gasteiger partial charge in [0.1, 0.15) is 11.0 Å². The van der Waals surface area contributed by atoms with Crippen LogP contribution >= 0.6 is 11.8 Å². The SMILES string of the molecule is CCc1ccc(Sc2ccccc2C(=O)OC)c(/C=N\S(=O)C(C)(C)C)c1. The highest BCUT2D eigenvalue weighted by Crippen LogP contribution is 2.33. The molecule has 0 aliphatic heterocycles. The number of hydrogen-bond donors (Lipinski definition) is 0. The summed E-state index contributed by atoms with van der Waals surface area (Å²) in [5, 5.41) is 0. The molecular formula is C21H25NO3S2. The van der Waals surface area contributed by atoms with Crippen LogP contribution in [0.1, 0.15) is 49.2 Å². The number of aryl methyl sites for hydroxylation is 1. The van der Waals surface area contributed by atoms with E-state index in [-0.39, 0.29) is 5.97 Å². The molecule has 0 fully saturated rings. The minimum absolute atomic E-state index is 0.368. The van der Waals surface area contributed by atoms with Crippen molar-refractivity contribution in [2.45, 2.75) is 48.7 Å². The smallest absolute Gasteiger partial charge is 0.339 e. The van der Waals surface area contributed by atoms with E-state index in [1.165, 1.54) is 24.4 Å². The van der Waals surface area contributed by atoms with E-state index in [2.05, 4.69) is 17.4 Å². The maximum absolute atomic E-state index is 12.3. The topological polar surface area (TPSA) is 55.7 Å². The summed E-state index contributed by atoms with van der Waals surface area (Å²) < 4.78 is 21.0. The summed E-state index contributed by atoms with van der Waals surface area (Å²) in [6, 6.07) is 13.4. The Morgan fingerprint density at radius 3 is 2.52 bits per heavy atom. The van der Waals surface area contributed by atoms with E-state index in [1.807, 2.05) is 51.1 Å². The molecule has 0 heterocycles. The van der Waals surface area contributed by atoms with Gasteiger partial charge in [0.2, 0.25) is 0 Å². The Balaban J connectivity index is 2.42. The number of carbonyl (C=O) groups excluding carboxylic acids is 1. The van der Waals surface area contributed by atoms with Crippen LogP contribution in [0.4, 0.5) is 0 Å². The molecule has 1 unspecified atom stereocenters. The number of nitrogens with zero attached hydrogens (tertiary/aromatic N) is 1. The third-order valence-corrected chi connectivity index (χ3v) is 6.32. The zero-order chi connectivity index (χ0) is 20.0. The molecule has 0 radical (unpaired) electrons. The van der Waals surface area contributed by atoms with Crippen molar-refractivity contribution < 1.29 is 13.7 Å². The minimum atomic E-state index is -1.33. The van der Waals surface area contributed by atoms with Crippen LogP contribution in [0.25, 0.3) is 0 Å². The molecular weight excluding hydrogens is 378 g/mol. The minimum Gasteiger partial charge on any atom is -0.465 e. The molecule has 6 heteroatoms. The van der Waals surface area contributed by atoms with Crippen LogP contribution in [0.5, 0.6) is 0 Å². The van der Waals surface area contributed by atoms with E-state index in [4.69, 9.17) is 4.74 Å². The van der Waals surface area contributed by atoms with Gasteiger partial charge >= 0.3 is 5.97 Å². The van der Waals surface area contributed by atoms with Crippen molar-refractivity contribution in [2.75, 3.05) is 7.11 Å². The normalized spacial score (nSPS) is 12.9. The van der Waals surface area contributed by atoms with Gasteiger partial charge in [0.15, 0.2) is 0 Å². The van der Waals surface area contributed by atoms with Crippen molar-refractivity contribution in [1.82, 2.24) is 0 Å². The summed E-state index contributed by atoms with van der Waals surface area (Å²) in [6.45, 7) is 7.77. The quantitative estimate of drug-likeness (QED) is 0.499. The average molecular weight is 404 g/mol. The van der Waals surface area contributed by atoms with Crippen molar-refractivity contribution in [1.29, 1.82) is 0 Å².